The summed E-state index contributed by atoms with van der Waals surface area (Å²) in [5.41, 5.74) is 1.98. The van der Waals surface area contributed by atoms with Crippen LogP contribution in [0.4, 0.5) is 5.69 Å². The van der Waals surface area contributed by atoms with Crippen molar-refractivity contribution in [2.45, 2.75) is 13.3 Å². The molecule has 5 heteroatoms. The number of hydrogen-bond acceptors (Lipinski definition) is 3. The van der Waals surface area contributed by atoms with Crippen molar-refractivity contribution in [1.29, 1.82) is 0 Å². The van der Waals surface area contributed by atoms with Gasteiger partial charge in [-0.25, -0.2) is 0 Å². The molecule has 0 aromatic heterocycles. The van der Waals surface area contributed by atoms with Crippen LogP contribution in [-0.2, 0) is 4.79 Å². The number of benzene rings is 1. The highest BCUT2D eigenvalue weighted by atomic mass is 79.9. The number of nitrogens with one attached hydrogen (secondary N) is 2. The molecule has 0 unspecified atom stereocenters. The Kier molecular flexibility index (Phi) is 5.36. The molecule has 1 aromatic rings. The van der Waals surface area contributed by atoms with Crippen molar-refractivity contribution in [2.75, 3.05) is 38.0 Å². The topological polar surface area (TPSA) is 44.4 Å². The molecule has 2 rings (SSSR count). The maximum atomic E-state index is 12.0. The highest BCUT2D eigenvalue weighted by Gasteiger charge is 2.12. The molecule has 0 aliphatic carbocycles. The molecule has 1 saturated heterocycles. The first-order valence-electron chi connectivity index (χ1n) is 6.64. The van der Waals surface area contributed by atoms with Gasteiger partial charge in [-0.15, -0.1) is 0 Å². The fraction of sp³-hybridized carbons (Fsp3) is 0.500. The van der Waals surface area contributed by atoms with Gasteiger partial charge in [0.05, 0.1) is 6.54 Å². The second-order valence-electron chi connectivity index (χ2n) is 4.89. The number of hydrogen-bond donors (Lipinski definition) is 2. The van der Waals surface area contributed by atoms with Crippen molar-refractivity contribution >= 4 is 27.5 Å². The maximum Gasteiger partial charge on any atom is 0.238 e. The first-order valence-corrected chi connectivity index (χ1v) is 7.43. The monoisotopic (exact) mass is 325 g/mol. The first kappa shape index (κ1) is 14.5. The summed E-state index contributed by atoms with van der Waals surface area (Å²) in [6.07, 6.45) is 1.10. The van der Waals surface area contributed by atoms with Crippen LogP contribution in [0.3, 0.4) is 0 Å². The third-order valence-electron chi connectivity index (χ3n) is 3.24. The van der Waals surface area contributed by atoms with Crippen molar-refractivity contribution in [2.24, 2.45) is 0 Å². The molecule has 19 heavy (non-hydrogen) atoms. The number of aryl methyl sites for hydroxylation is 1. The van der Waals surface area contributed by atoms with Crippen LogP contribution in [0, 0.1) is 6.92 Å². The Morgan fingerprint density at radius 2 is 2.26 bits per heavy atom. The first-order chi connectivity index (χ1) is 9.15. The summed E-state index contributed by atoms with van der Waals surface area (Å²) < 4.78 is 1.06. The van der Waals surface area contributed by atoms with E-state index in [-0.39, 0.29) is 5.91 Å². The molecule has 1 fully saturated rings. The van der Waals surface area contributed by atoms with E-state index < -0.39 is 0 Å². The second-order valence-corrected chi connectivity index (χ2v) is 5.75. The quantitative estimate of drug-likeness (QED) is 0.893. The number of carbonyl (C=O) groups excluding carboxylic acids is 1. The van der Waals surface area contributed by atoms with E-state index in [1.165, 1.54) is 0 Å². The van der Waals surface area contributed by atoms with Gasteiger partial charge in [-0.2, -0.15) is 0 Å². The summed E-state index contributed by atoms with van der Waals surface area (Å²) in [5, 5.41) is 6.29. The Hall–Kier alpha value is -0.910. The van der Waals surface area contributed by atoms with E-state index in [0.29, 0.717) is 6.54 Å². The summed E-state index contributed by atoms with van der Waals surface area (Å²) in [6, 6.07) is 5.85. The summed E-state index contributed by atoms with van der Waals surface area (Å²) in [6.45, 7) is 6.41. The van der Waals surface area contributed by atoms with E-state index in [0.717, 1.165) is 48.3 Å². The molecule has 0 bridgehead atoms. The average molecular weight is 326 g/mol. The number of halogens is 1. The molecule has 0 spiro atoms. The van der Waals surface area contributed by atoms with Crippen LogP contribution in [0.2, 0.25) is 0 Å². The molecule has 2 N–H and O–H groups in total. The van der Waals surface area contributed by atoms with Gasteiger partial charge in [0.25, 0.3) is 0 Å². The van der Waals surface area contributed by atoms with Gasteiger partial charge in [0.2, 0.25) is 5.91 Å². The van der Waals surface area contributed by atoms with Crippen LogP contribution >= 0.6 is 15.9 Å². The van der Waals surface area contributed by atoms with Gasteiger partial charge in [-0.3, -0.25) is 9.69 Å². The zero-order chi connectivity index (χ0) is 13.7. The fourth-order valence-electron chi connectivity index (χ4n) is 2.19. The Bertz CT molecular complexity index is 442. The van der Waals surface area contributed by atoms with E-state index in [2.05, 4.69) is 31.5 Å². The summed E-state index contributed by atoms with van der Waals surface area (Å²) in [5.74, 6) is 0.0589. The second kappa shape index (κ2) is 7.03. The van der Waals surface area contributed by atoms with Crippen LogP contribution in [0.15, 0.2) is 22.7 Å². The van der Waals surface area contributed by atoms with Crippen LogP contribution in [0.5, 0.6) is 0 Å². The third-order valence-corrected chi connectivity index (χ3v) is 4.13. The number of anilines is 1. The summed E-state index contributed by atoms with van der Waals surface area (Å²) in [7, 11) is 0. The number of carbonyl (C=O) groups is 1. The molecule has 1 heterocycles. The van der Waals surface area contributed by atoms with Crippen molar-refractivity contribution in [1.82, 2.24) is 10.2 Å². The normalized spacial score (nSPS) is 16.9. The van der Waals surface area contributed by atoms with Crippen LogP contribution in [-0.4, -0.2) is 43.5 Å². The van der Waals surface area contributed by atoms with Gasteiger partial charge in [0.1, 0.15) is 0 Å². The van der Waals surface area contributed by atoms with E-state index in [9.17, 15) is 4.79 Å². The van der Waals surface area contributed by atoms with E-state index in [4.69, 9.17) is 0 Å². The Morgan fingerprint density at radius 1 is 1.42 bits per heavy atom. The minimum atomic E-state index is 0.0589. The average Bonchev–Trinajstić information content (AvgIpc) is 2.62. The number of nitrogens with zero attached hydrogens (tertiary/aromatic N) is 1. The zero-order valence-corrected chi connectivity index (χ0v) is 12.8. The highest BCUT2D eigenvalue weighted by Crippen LogP contribution is 2.19. The van der Waals surface area contributed by atoms with E-state index >= 15 is 0 Å². The van der Waals surface area contributed by atoms with Gasteiger partial charge in [0.15, 0.2) is 0 Å². The molecular formula is C14H20BrN3O. The lowest BCUT2D eigenvalue weighted by Gasteiger charge is -2.18. The third kappa shape index (κ3) is 4.60. The van der Waals surface area contributed by atoms with Gasteiger partial charge >= 0.3 is 0 Å². The summed E-state index contributed by atoms with van der Waals surface area (Å²) in [4.78, 5) is 14.2. The molecular weight excluding hydrogens is 306 g/mol. The number of rotatable bonds is 3. The lowest BCUT2D eigenvalue weighted by atomic mass is 10.2. The van der Waals surface area contributed by atoms with Crippen molar-refractivity contribution in [3.63, 3.8) is 0 Å². The Balaban J connectivity index is 1.87. The van der Waals surface area contributed by atoms with Gasteiger partial charge in [0, 0.05) is 23.2 Å². The minimum absolute atomic E-state index is 0.0589. The Labute approximate surface area is 122 Å². The van der Waals surface area contributed by atoms with Crippen molar-refractivity contribution in [3.8, 4) is 0 Å². The van der Waals surface area contributed by atoms with Crippen LogP contribution < -0.4 is 10.6 Å². The fourth-order valence-corrected chi connectivity index (χ4v) is 2.43. The van der Waals surface area contributed by atoms with Crippen molar-refractivity contribution in [3.05, 3.63) is 28.2 Å². The van der Waals surface area contributed by atoms with Crippen LogP contribution in [0.25, 0.3) is 0 Å². The van der Waals surface area contributed by atoms with Gasteiger partial charge < -0.3 is 10.6 Å². The standard InChI is InChI=1S/C14H20BrN3O/c1-11-9-12(3-4-13(11)15)17-14(19)10-18-7-2-5-16-6-8-18/h3-4,9,16H,2,5-8,10H2,1H3,(H,17,19). The SMILES string of the molecule is Cc1cc(NC(=O)CN2CCCNCC2)ccc1Br. The van der Waals surface area contributed by atoms with Gasteiger partial charge in [-0.05, 0) is 50.2 Å². The summed E-state index contributed by atoms with van der Waals surface area (Å²) >= 11 is 3.46. The molecule has 1 aromatic carbocycles. The molecule has 0 radical (unpaired) electrons. The van der Waals surface area contributed by atoms with E-state index in [1.54, 1.807) is 0 Å². The lowest BCUT2D eigenvalue weighted by Crippen LogP contribution is -2.35. The molecule has 0 atom stereocenters. The molecule has 0 saturated carbocycles. The maximum absolute atomic E-state index is 12.0. The van der Waals surface area contributed by atoms with Crippen LogP contribution in [0.1, 0.15) is 12.0 Å². The zero-order valence-electron chi connectivity index (χ0n) is 11.2. The highest BCUT2D eigenvalue weighted by molar-refractivity contribution is 9.10. The predicted octanol–water partition coefficient (Wildman–Crippen LogP) is 1.99. The van der Waals surface area contributed by atoms with E-state index in [1.807, 2.05) is 25.1 Å². The lowest BCUT2D eigenvalue weighted by molar-refractivity contribution is -0.117. The molecule has 1 aliphatic heterocycles. The Morgan fingerprint density at radius 3 is 3.05 bits per heavy atom. The van der Waals surface area contributed by atoms with Gasteiger partial charge in [-0.1, -0.05) is 15.9 Å². The largest absolute Gasteiger partial charge is 0.325 e. The number of amides is 1. The molecule has 104 valence electrons. The molecule has 4 nitrogen and oxygen atoms in total. The van der Waals surface area contributed by atoms with Crippen molar-refractivity contribution < 1.29 is 4.79 Å². The molecule has 1 aliphatic rings. The predicted molar refractivity (Wildman–Crippen MR) is 81.4 cm³/mol. The molecule has 1 amide bonds. The smallest absolute Gasteiger partial charge is 0.238 e. The minimum Gasteiger partial charge on any atom is -0.325 e.